The van der Waals surface area contributed by atoms with Crippen LogP contribution in [0.15, 0.2) is 42.5 Å². The van der Waals surface area contributed by atoms with Gasteiger partial charge >= 0.3 is 0 Å². The molecule has 5 nitrogen and oxygen atoms in total. The lowest BCUT2D eigenvalue weighted by atomic mass is 10.0. The summed E-state index contributed by atoms with van der Waals surface area (Å²) in [4.78, 5) is 4.83. The fourth-order valence-electron chi connectivity index (χ4n) is 4.52. The second kappa shape index (κ2) is 9.59. The van der Waals surface area contributed by atoms with Crippen molar-refractivity contribution in [3.63, 3.8) is 0 Å². The molecule has 1 atom stereocenters. The van der Waals surface area contributed by atoms with Crippen molar-refractivity contribution in [2.75, 3.05) is 44.7 Å². The summed E-state index contributed by atoms with van der Waals surface area (Å²) in [6.45, 7) is 4.84. The zero-order valence-electron chi connectivity index (χ0n) is 17.4. The number of nitrogens with zero attached hydrogens (tertiary/aromatic N) is 3. The summed E-state index contributed by atoms with van der Waals surface area (Å²) in [5.74, 6) is 1.65. The number of piperidine rings is 1. The molecule has 2 heterocycles. The van der Waals surface area contributed by atoms with E-state index in [1.807, 2.05) is 36.4 Å². The lowest BCUT2D eigenvalue weighted by Gasteiger charge is -2.32. The molecule has 1 unspecified atom stereocenters. The summed E-state index contributed by atoms with van der Waals surface area (Å²) < 4.78 is 11.7. The number of halogens is 1. The first-order chi connectivity index (χ1) is 14.7. The molecule has 2 aromatic rings. The van der Waals surface area contributed by atoms with Crippen LogP contribution in [0.25, 0.3) is 0 Å². The Labute approximate surface area is 183 Å². The van der Waals surface area contributed by atoms with Gasteiger partial charge in [0, 0.05) is 31.2 Å². The molecule has 2 aliphatic heterocycles. The predicted octanol–water partition coefficient (Wildman–Crippen LogP) is 4.71. The van der Waals surface area contributed by atoms with Crippen molar-refractivity contribution in [1.29, 1.82) is 5.26 Å². The van der Waals surface area contributed by atoms with Crippen molar-refractivity contribution in [3.05, 3.63) is 53.1 Å². The SMILES string of the molecule is COc1cccc2c1N(CCCN1CCC(Oc3cccc(Cl)c3)CC1)CC2C#N. The Morgan fingerprint density at radius 3 is 2.67 bits per heavy atom. The molecule has 2 aliphatic rings. The van der Waals surface area contributed by atoms with Crippen molar-refractivity contribution < 1.29 is 9.47 Å². The molecule has 0 radical (unpaired) electrons. The van der Waals surface area contributed by atoms with Crippen molar-refractivity contribution >= 4 is 17.3 Å². The van der Waals surface area contributed by atoms with Gasteiger partial charge in [0.25, 0.3) is 0 Å². The predicted molar refractivity (Wildman–Crippen MR) is 120 cm³/mol. The smallest absolute Gasteiger partial charge is 0.142 e. The summed E-state index contributed by atoms with van der Waals surface area (Å²) in [5.41, 5.74) is 2.19. The van der Waals surface area contributed by atoms with Crippen molar-refractivity contribution in [1.82, 2.24) is 4.90 Å². The highest BCUT2D eigenvalue weighted by Crippen LogP contribution is 2.42. The lowest BCUT2D eigenvalue weighted by molar-refractivity contribution is 0.100. The molecule has 0 amide bonds. The van der Waals surface area contributed by atoms with Gasteiger partial charge in [0.2, 0.25) is 0 Å². The maximum absolute atomic E-state index is 9.52. The van der Waals surface area contributed by atoms with Crippen molar-refractivity contribution in [2.45, 2.75) is 31.3 Å². The number of likely N-dealkylation sites (tertiary alicyclic amines) is 1. The van der Waals surface area contributed by atoms with Crippen LogP contribution in [0.5, 0.6) is 11.5 Å². The van der Waals surface area contributed by atoms with Crippen LogP contribution in [-0.4, -0.2) is 50.8 Å². The van der Waals surface area contributed by atoms with E-state index in [1.54, 1.807) is 7.11 Å². The van der Waals surface area contributed by atoms with E-state index in [-0.39, 0.29) is 12.0 Å². The van der Waals surface area contributed by atoms with E-state index in [9.17, 15) is 5.26 Å². The third-order valence-electron chi connectivity index (χ3n) is 6.04. The molecule has 30 heavy (non-hydrogen) atoms. The number of benzene rings is 2. The third-order valence-corrected chi connectivity index (χ3v) is 6.27. The van der Waals surface area contributed by atoms with Crippen LogP contribution in [-0.2, 0) is 0 Å². The number of fused-ring (bicyclic) bond motifs is 1. The number of rotatable bonds is 7. The van der Waals surface area contributed by atoms with E-state index in [0.717, 1.165) is 74.7 Å². The average Bonchev–Trinajstić information content (AvgIpc) is 3.13. The van der Waals surface area contributed by atoms with E-state index in [0.29, 0.717) is 5.02 Å². The minimum atomic E-state index is -0.0746. The van der Waals surface area contributed by atoms with Gasteiger partial charge in [-0.15, -0.1) is 0 Å². The van der Waals surface area contributed by atoms with E-state index < -0.39 is 0 Å². The zero-order chi connectivity index (χ0) is 20.9. The van der Waals surface area contributed by atoms with Crippen LogP contribution in [0, 0.1) is 11.3 Å². The van der Waals surface area contributed by atoms with Crippen molar-refractivity contribution in [3.8, 4) is 17.6 Å². The summed E-state index contributed by atoms with van der Waals surface area (Å²) in [6, 6.07) is 16.1. The maximum atomic E-state index is 9.52. The number of hydrogen-bond donors (Lipinski definition) is 0. The Bertz CT molecular complexity index is 906. The first kappa shape index (κ1) is 20.8. The second-order valence-corrected chi connectivity index (χ2v) is 8.43. The molecule has 0 spiro atoms. The van der Waals surface area contributed by atoms with Gasteiger partial charge in [0.15, 0.2) is 0 Å². The Hall–Kier alpha value is -2.42. The van der Waals surface area contributed by atoms with Gasteiger partial charge < -0.3 is 19.3 Å². The minimum Gasteiger partial charge on any atom is -0.495 e. The van der Waals surface area contributed by atoms with E-state index in [4.69, 9.17) is 21.1 Å². The molecule has 6 heteroatoms. The molecular weight excluding hydrogens is 398 g/mol. The molecule has 2 aromatic carbocycles. The van der Waals surface area contributed by atoms with Crippen LogP contribution in [0.3, 0.4) is 0 Å². The van der Waals surface area contributed by atoms with Gasteiger partial charge in [-0.1, -0.05) is 29.8 Å². The molecular formula is C24H28ClN3O2. The fraction of sp³-hybridized carbons (Fsp3) is 0.458. The van der Waals surface area contributed by atoms with Crippen molar-refractivity contribution in [2.24, 2.45) is 0 Å². The maximum Gasteiger partial charge on any atom is 0.142 e. The molecule has 0 saturated carbocycles. The average molecular weight is 426 g/mol. The van der Waals surface area contributed by atoms with E-state index in [1.165, 1.54) is 0 Å². The van der Waals surface area contributed by atoms with Crippen LogP contribution in [0.1, 0.15) is 30.7 Å². The first-order valence-corrected chi connectivity index (χ1v) is 11.0. The zero-order valence-corrected chi connectivity index (χ0v) is 18.1. The summed E-state index contributed by atoms with van der Waals surface area (Å²) >= 11 is 6.05. The number of ether oxygens (including phenoxy) is 2. The molecule has 0 bridgehead atoms. The van der Waals surface area contributed by atoms with Gasteiger partial charge in [-0.25, -0.2) is 0 Å². The Balaban J connectivity index is 1.25. The number of anilines is 1. The van der Waals surface area contributed by atoms with Gasteiger partial charge in [-0.2, -0.15) is 5.26 Å². The molecule has 0 N–H and O–H groups in total. The Morgan fingerprint density at radius 1 is 1.13 bits per heavy atom. The standard InChI is InChI=1S/C24H28ClN3O2/c1-29-23-8-3-7-22-18(16-26)17-28(24(22)23)12-4-11-27-13-9-20(10-14-27)30-21-6-2-5-19(25)15-21/h2-3,5-8,15,18,20H,4,9-14,17H2,1H3. The highest BCUT2D eigenvalue weighted by Gasteiger charge is 2.31. The van der Waals surface area contributed by atoms with Gasteiger partial charge in [0.05, 0.1) is 24.8 Å². The molecule has 1 saturated heterocycles. The third kappa shape index (κ3) is 4.66. The molecule has 0 aliphatic carbocycles. The van der Waals surface area contributed by atoms with Crippen LogP contribution >= 0.6 is 11.6 Å². The van der Waals surface area contributed by atoms with Gasteiger partial charge in [-0.05, 0) is 55.6 Å². The number of hydrogen-bond acceptors (Lipinski definition) is 5. The topological polar surface area (TPSA) is 48.7 Å². The fourth-order valence-corrected chi connectivity index (χ4v) is 4.70. The number of para-hydroxylation sites is 1. The van der Waals surface area contributed by atoms with Crippen LogP contribution in [0.4, 0.5) is 5.69 Å². The minimum absolute atomic E-state index is 0.0746. The summed E-state index contributed by atoms with van der Waals surface area (Å²) in [6.07, 6.45) is 3.38. The second-order valence-electron chi connectivity index (χ2n) is 8.00. The Morgan fingerprint density at radius 2 is 1.93 bits per heavy atom. The summed E-state index contributed by atoms with van der Waals surface area (Å²) in [7, 11) is 1.70. The monoisotopic (exact) mass is 425 g/mol. The molecule has 158 valence electrons. The van der Waals surface area contributed by atoms with Gasteiger partial charge in [-0.3, -0.25) is 0 Å². The molecule has 4 rings (SSSR count). The normalized spacial score (nSPS) is 19.4. The summed E-state index contributed by atoms with van der Waals surface area (Å²) in [5, 5.41) is 10.2. The number of nitriles is 1. The largest absolute Gasteiger partial charge is 0.495 e. The number of methoxy groups -OCH3 is 1. The highest BCUT2D eigenvalue weighted by atomic mass is 35.5. The molecule has 0 aromatic heterocycles. The highest BCUT2D eigenvalue weighted by molar-refractivity contribution is 6.30. The molecule has 1 fully saturated rings. The lowest BCUT2D eigenvalue weighted by Crippen LogP contribution is -2.39. The van der Waals surface area contributed by atoms with Crippen LogP contribution in [0.2, 0.25) is 5.02 Å². The quantitative estimate of drug-likeness (QED) is 0.643. The van der Waals surface area contributed by atoms with Gasteiger partial charge in [0.1, 0.15) is 17.6 Å². The van der Waals surface area contributed by atoms with E-state index in [2.05, 4.69) is 21.9 Å². The van der Waals surface area contributed by atoms with Crippen LogP contribution < -0.4 is 14.4 Å². The first-order valence-electron chi connectivity index (χ1n) is 10.6. The Kier molecular flexibility index (Phi) is 6.66. The van der Waals surface area contributed by atoms with E-state index >= 15 is 0 Å².